The summed E-state index contributed by atoms with van der Waals surface area (Å²) in [4.78, 5) is 0. The van der Waals surface area contributed by atoms with Gasteiger partial charge < -0.3 is 10.5 Å². The molecule has 0 spiro atoms. The minimum Gasteiger partial charge on any atom is -0.385 e. The van der Waals surface area contributed by atoms with Crippen molar-refractivity contribution in [3.63, 3.8) is 0 Å². The van der Waals surface area contributed by atoms with Gasteiger partial charge in [-0.1, -0.05) is 36.8 Å². The van der Waals surface area contributed by atoms with Gasteiger partial charge in [0.2, 0.25) is 0 Å². The molecule has 1 aromatic rings. The largest absolute Gasteiger partial charge is 0.385 e. The lowest BCUT2D eigenvalue weighted by Crippen LogP contribution is -2.24. The first-order chi connectivity index (χ1) is 8.17. The van der Waals surface area contributed by atoms with Gasteiger partial charge >= 0.3 is 0 Å². The molecule has 2 heteroatoms. The summed E-state index contributed by atoms with van der Waals surface area (Å²) in [6.45, 7) is 5.96. The summed E-state index contributed by atoms with van der Waals surface area (Å²) in [5.41, 5.74) is 8.58. The summed E-state index contributed by atoms with van der Waals surface area (Å²) in [6.07, 6.45) is 2.16. The summed E-state index contributed by atoms with van der Waals surface area (Å²) in [6, 6.07) is 8.76. The molecule has 2 atom stereocenters. The number of nitrogens with two attached hydrogens (primary N) is 1. The molecule has 0 aliphatic heterocycles. The van der Waals surface area contributed by atoms with Crippen molar-refractivity contribution in [2.45, 2.75) is 26.7 Å². The number of methoxy groups -OCH3 is 1. The van der Waals surface area contributed by atoms with Crippen LogP contribution in [0.5, 0.6) is 0 Å². The molecule has 1 rings (SSSR count). The third kappa shape index (κ3) is 4.88. The van der Waals surface area contributed by atoms with E-state index in [2.05, 4.69) is 38.1 Å². The second kappa shape index (κ2) is 7.46. The molecule has 0 aromatic heterocycles. The lowest BCUT2D eigenvalue weighted by atomic mass is 9.86. The van der Waals surface area contributed by atoms with E-state index in [0.717, 1.165) is 26.0 Å². The number of aryl methyl sites for hydroxylation is 1. The minimum atomic E-state index is 0.549. The Morgan fingerprint density at radius 3 is 2.41 bits per heavy atom. The average molecular weight is 235 g/mol. The molecule has 0 bridgehead atoms. The maximum atomic E-state index is 5.88. The zero-order valence-electron chi connectivity index (χ0n) is 11.3. The first-order valence-corrected chi connectivity index (χ1v) is 6.42. The molecule has 0 aliphatic carbocycles. The van der Waals surface area contributed by atoms with Crippen LogP contribution in [-0.2, 0) is 11.2 Å². The minimum absolute atomic E-state index is 0.549. The van der Waals surface area contributed by atoms with Gasteiger partial charge in [-0.05, 0) is 43.7 Å². The highest BCUT2D eigenvalue weighted by Gasteiger charge is 2.16. The van der Waals surface area contributed by atoms with Gasteiger partial charge in [0, 0.05) is 13.7 Å². The van der Waals surface area contributed by atoms with E-state index in [-0.39, 0.29) is 0 Å². The van der Waals surface area contributed by atoms with Crippen LogP contribution in [-0.4, -0.2) is 20.3 Å². The molecule has 0 radical (unpaired) electrons. The quantitative estimate of drug-likeness (QED) is 0.788. The van der Waals surface area contributed by atoms with E-state index >= 15 is 0 Å². The van der Waals surface area contributed by atoms with E-state index in [9.17, 15) is 0 Å². The first kappa shape index (κ1) is 14.2. The van der Waals surface area contributed by atoms with Gasteiger partial charge in [-0.15, -0.1) is 0 Å². The molecular formula is C15H25NO. The number of hydrogen-bond acceptors (Lipinski definition) is 2. The van der Waals surface area contributed by atoms with E-state index in [0.29, 0.717) is 11.8 Å². The molecular weight excluding hydrogens is 210 g/mol. The van der Waals surface area contributed by atoms with E-state index in [1.807, 2.05) is 0 Å². The van der Waals surface area contributed by atoms with E-state index in [1.165, 1.54) is 11.1 Å². The van der Waals surface area contributed by atoms with Crippen LogP contribution in [0.4, 0.5) is 0 Å². The van der Waals surface area contributed by atoms with Crippen molar-refractivity contribution in [1.29, 1.82) is 0 Å². The van der Waals surface area contributed by atoms with E-state index in [4.69, 9.17) is 10.5 Å². The Hall–Kier alpha value is -0.860. The highest BCUT2D eigenvalue weighted by atomic mass is 16.5. The summed E-state index contributed by atoms with van der Waals surface area (Å²) in [5, 5.41) is 0. The summed E-state index contributed by atoms with van der Waals surface area (Å²) < 4.78 is 5.13. The van der Waals surface area contributed by atoms with Gasteiger partial charge in [-0.2, -0.15) is 0 Å². The lowest BCUT2D eigenvalue weighted by Gasteiger charge is -2.22. The van der Waals surface area contributed by atoms with Gasteiger partial charge in [0.15, 0.2) is 0 Å². The fraction of sp³-hybridized carbons (Fsp3) is 0.600. The molecule has 0 fully saturated rings. The summed E-state index contributed by atoms with van der Waals surface area (Å²) >= 11 is 0. The van der Waals surface area contributed by atoms with Crippen molar-refractivity contribution in [3.8, 4) is 0 Å². The van der Waals surface area contributed by atoms with Crippen molar-refractivity contribution in [3.05, 3.63) is 35.4 Å². The summed E-state index contributed by atoms with van der Waals surface area (Å²) in [5.74, 6) is 1.16. The Morgan fingerprint density at radius 1 is 1.24 bits per heavy atom. The molecule has 0 aliphatic rings. The highest BCUT2D eigenvalue weighted by molar-refractivity contribution is 5.21. The molecule has 0 saturated heterocycles. The van der Waals surface area contributed by atoms with Gasteiger partial charge in [-0.3, -0.25) is 0 Å². The molecule has 0 heterocycles. The molecule has 0 saturated carbocycles. The number of ether oxygens (including phenoxy) is 1. The first-order valence-electron chi connectivity index (χ1n) is 6.42. The predicted molar refractivity (Wildman–Crippen MR) is 73.1 cm³/mol. The average Bonchev–Trinajstić information content (AvgIpc) is 2.35. The van der Waals surface area contributed by atoms with Crippen LogP contribution in [0.1, 0.15) is 24.5 Å². The highest BCUT2D eigenvalue weighted by Crippen LogP contribution is 2.20. The van der Waals surface area contributed by atoms with Crippen LogP contribution < -0.4 is 5.73 Å². The number of benzene rings is 1. The Labute approximate surface area is 105 Å². The normalized spacial score (nSPS) is 14.6. The fourth-order valence-electron chi connectivity index (χ4n) is 2.08. The predicted octanol–water partition coefficient (Wildman–Crippen LogP) is 2.79. The molecule has 2 nitrogen and oxygen atoms in total. The SMILES string of the molecule is COCCC(C)C(CN)Cc1ccc(C)cc1. The van der Waals surface area contributed by atoms with Crippen LogP contribution in [0.3, 0.4) is 0 Å². The van der Waals surface area contributed by atoms with E-state index in [1.54, 1.807) is 7.11 Å². The fourth-order valence-corrected chi connectivity index (χ4v) is 2.08. The standard InChI is InChI=1S/C15H25NO/c1-12-4-6-14(7-5-12)10-15(11-16)13(2)8-9-17-3/h4-7,13,15H,8-11,16H2,1-3H3. The third-order valence-electron chi connectivity index (χ3n) is 3.50. The van der Waals surface area contributed by atoms with Gasteiger partial charge in [0.05, 0.1) is 0 Å². The smallest absolute Gasteiger partial charge is 0.0464 e. The zero-order valence-corrected chi connectivity index (χ0v) is 11.3. The van der Waals surface area contributed by atoms with Crippen LogP contribution in [0.15, 0.2) is 24.3 Å². The van der Waals surface area contributed by atoms with Gasteiger partial charge in [-0.25, -0.2) is 0 Å². The topological polar surface area (TPSA) is 35.2 Å². The third-order valence-corrected chi connectivity index (χ3v) is 3.50. The molecule has 17 heavy (non-hydrogen) atoms. The Balaban J connectivity index is 2.53. The van der Waals surface area contributed by atoms with Gasteiger partial charge in [0.1, 0.15) is 0 Å². The van der Waals surface area contributed by atoms with Crippen molar-refractivity contribution in [2.75, 3.05) is 20.3 Å². The Morgan fingerprint density at radius 2 is 1.88 bits per heavy atom. The Kier molecular flexibility index (Phi) is 6.23. The Bertz CT molecular complexity index is 307. The lowest BCUT2D eigenvalue weighted by molar-refractivity contribution is 0.166. The van der Waals surface area contributed by atoms with Crippen molar-refractivity contribution >= 4 is 0 Å². The summed E-state index contributed by atoms with van der Waals surface area (Å²) in [7, 11) is 1.75. The van der Waals surface area contributed by atoms with Crippen molar-refractivity contribution in [1.82, 2.24) is 0 Å². The van der Waals surface area contributed by atoms with Crippen molar-refractivity contribution < 1.29 is 4.74 Å². The zero-order chi connectivity index (χ0) is 12.7. The van der Waals surface area contributed by atoms with Crippen molar-refractivity contribution in [2.24, 2.45) is 17.6 Å². The second-order valence-corrected chi connectivity index (χ2v) is 4.94. The van der Waals surface area contributed by atoms with E-state index < -0.39 is 0 Å². The monoisotopic (exact) mass is 235 g/mol. The van der Waals surface area contributed by atoms with Gasteiger partial charge in [0.25, 0.3) is 0 Å². The second-order valence-electron chi connectivity index (χ2n) is 4.94. The maximum absolute atomic E-state index is 5.88. The maximum Gasteiger partial charge on any atom is 0.0464 e. The van der Waals surface area contributed by atoms with Crippen LogP contribution >= 0.6 is 0 Å². The van der Waals surface area contributed by atoms with Crippen LogP contribution in [0, 0.1) is 18.8 Å². The molecule has 2 unspecified atom stereocenters. The number of rotatable bonds is 7. The van der Waals surface area contributed by atoms with Crippen LogP contribution in [0.25, 0.3) is 0 Å². The van der Waals surface area contributed by atoms with Crippen LogP contribution in [0.2, 0.25) is 0 Å². The molecule has 1 aromatic carbocycles. The molecule has 2 N–H and O–H groups in total. The molecule has 96 valence electrons. The molecule has 0 amide bonds. The number of hydrogen-bond donors (Lipinski definition) is 1.